The van der Waals surface area contributed by atoms with Crippen molar-refractivity contribution in [2.24, 2.45) is 0 Å². The van der Waals surface area contributed by atoms with Gasteiger partial charge in [-0.3, -0.25) is 4.79 Å². The molecule has 1 heterocycles. The first-order valence-electron chi connectivity index (χ1n) is 6.59. The monoisotopic (exact) mass is 327 g/mol. The molecule has 0 radical (unpaired) electrons. The maximum absolute atomic E-state index is 13.1. The Morgan fingerprint density at radius 3 is 2.64 bits per heavy atom. The first-order chi connectivity index (χ1) is 10.4. The Labute approximate surface area is 130 Å². The number of nitrogens with zero attached hydrogens (tertiary/aromatic N) is 4. The molecule has 1 atom stereocenters. The van der Waals surface area contributed by atoms with E-state index in [4.69, 9.17) is 0 Å². The average Bonchev–Trinajstić information content (AvgIpc) is 2.91. The van der Waals surface area contributed by atoms with Crippen LogP contribution in [0, 0.1) is 11.6 Å². The Hall–Kier alpha value is -2.03. The summed E-state index contributed by atoms with van der Waals surface area (Å²) in [6.45, 7) is 5.53. The molecule has 1 aromatic carbocycles. The van der Waals surface area contributed by atoms with Gasteiger partial charge < -0.3 is 5.32 Å². The van der Waals surface area contributed by atoms with E-state index in [0.29, 0.717) is 5.16 Å². The van der Waals surface area contributed by atoms with Crippen LogP contribution in [0.1, 0.15) is 26.8 Å². The Balaban J connectivity index is 2.02. The molecular formula is C13H15F2N5OS. The van der Waals surface area contributed by atoms with Gasteiger partial charge in [0.05, 0.1) is 11.3 Å². The predicted octanol–water partition coefficient (Wildman–Crippen LogP) is 2.65. The van der Waals surface area contributed by atoms with Gasteiger partial charge in [-0.2, -0.15) is 0 Å². The Bertz CT molecular complexity index is 676. The molecule has 1 aromatic heterocycles. The first kappa shape index (κ1) is 16.3. The molecular weight excluding hydrogens is 312 g/mol. The van der Waals surface area contributed by atoms with E-state index in [9.17, 15) is 13.6 Å². The molecule has 0 saturated heterocycles. The van der Waals surface area contributed by atoms with Crippen molar-refractivity contribution in [2.75, 3.05) is 5.32 Å². The topological polar surface area (TPSA) is 72.7 Å². The molecule has 1 amide bonds. The smallest absolute Gasteiger partial charge is 0.237 e. The highest BCUT2D eigenvalue weighted by Crippen LogP contribution is 2.23. The molecule has 0 aliphatic rings. The van der Waals surface area contributed by atoms with E-state index in [2.05, 4.69) is 20.8 Å². The number of hydrogen-bond acceptors (Lipinski definition) is 5. The third-order valence-electron chi connectivity index (χ3n) is 2.79. The molecule has 0 fully saturated rings. The van der Waals surface area contributed by atoms with E-state index in [1.165, 1.54) is 17.8 Å². The molecule has 22 heavy (non-hydrogen) atoms. The van der Waals surface area contributed by atoms with Crippen LogP contribution in [0.25, 0.3) is 0 Å². The van der Waals surface area contributed by atoms with E-state index in [-0.39, 0.29) is 17.6 Å². The minimum Gasteiger partial charge on any atom is -0.325 e. The summed E-state index contributed by atoms with van der Waals surface area (Å²) < 4.78 is 27.6. The Morgan fingerprint density at radius 2 is 2.00 bits per heavy atom. The molecule has 0 spiro atoms. The number of anilines is 1. The number of amides is 1. The highest BCUT2D eigenvalue weighted by Gasteiger charge is 2.20. The van der Waals surface area contributed by atoms with Gasteiger partial charge in [0.2, 0.25) is 11.1 Å². The van der Waals surface area contributed by atoms with Crippen LogP contribution in [0.4, 0.5) is 14.5 Å². The van der Waals surface area contributed by atoms with Crippen LogP contribution in [-0.4, -0.2) is 31.4 Å². The van der Waals surface area contributed by atoms with Crippen molar-refractivity contribution in [3.8, 4) is 0 Å². The lowest BCUT2D eigenvalue weighted by molar-refractivity contribution is -0.115. The molecule has 0 aliphatic heterocycles. The molecule has 1 N–H and O–H groups in total. The number of thioether (sulfide) groups is 1. The third-order valence-corrected chi connectivity index (χ3v) is 3.84. The molecule has 118 valence electrons. The van der Waals surface area contributed by atoms with Crippen molar-refractivity contribution < 1.29 is 13.6 Å². The lowest BCUT2D eigenvalue weighted by Gasteiger charge is -2.13. The number of benzene rings is 1. The zero-order chi connectivity index (χ0) is 16.3. The fraction of sp³-hybridized carbons (Fsp3) is 0.385. The van der Waals surface area contributed by atoms with Crippen LogP contribution in [-0.2, 0) is 4.79 Å². The fourth-order valence-electron chi connectivity index (χ4n) is 1.62. The minimum absolute atomic E-state index is 0.0685. The molecule has 0 aliphatic carbocycles. The molecule has 9 heteroatoms. The second-order valence-electron chi connectivity index (χ2n) is 4.88. The zero-order valence-corrected chi connectivity index (χ0v) is 13.1. The van der Waals surface area contributed by atoms with Gasteiger partial charge in [-0.25, -0.2) is 13.5 Å². The number of tetrazole rings is 1. The van der Waals surface area contributed by atoms with Crippen molar-refractivity contribution in [3.63, 3.8) is 0 Å². The van der Waals surface area contributed by atoms with Gasteiger partial charge in [-0.15, -0.1) is 5.10 Å². The quantitative estimate of drug-likeness (QED) is 0.855. The summed E-state index contributed by atoms with van der Waals surface area (Å²) in [6, 6.07) is 3.26. The molecule has 2 rings (SSSR count). The van der Waals surface area contributed by atoms with Gasteiger partial charge in [0, 0.05) is 11.8 Å². The molecule has 0 bridgehead atoms. The van der Waals surface area contributed by atoms with Gasteiger partial charge in [0.1, 0.15) is 0 Å². The molecule has 0 saturated carbocycles. The number of halogens is 2. The molecule has 2 aromatic rings. The Morgan fingerprint density at radius 1 is 1.27 bits per heavy atom. The second-order valence-corrected chi connectivity index (χ2v) is 6.19. The maximum Gasteiger partial charge on any atom is 0.237 e. The summed E-state index contributed by atoms with van der Waals surface area (Å²) >= 11 is 1.19. The van der Waals surface area contributed by atoms with Gasteiger partial charge >= 0.3 is 0 Å². The third kappa shape index (κ3) is 3.79. The largest absolute Gasteiger partial charge is 0.325 e. The summed E-state index contributed by atoms with van der Waals surface area (Å²) in [5, 5.41) is 13.8. The number of carbonyl (C=O) groups is 1. The summed E-state index contributed by atoms with van der Waals surface area (Å²) in [6.07, 6.45) is 0. The van der Waals surface area contributed by atoms with Gasteiger partial charge in [-0.05, 0) is 43.3 Å². The predicted molar refractivity (Wildman–Crippen MR) is 78.5 cm³/mol. The normalized spacial score (nSPS) is 12.5. The van der Waals surface area contributed by atoms with E-state index in [1.807, 2.05) is 13.8 Å². The van der Waals surface area contributed by atoms with E-state index in [1.54, 1.807) is 11.6 Å². The van der Waals surface area contributed by atoms with Gasteiger partial charge in [-0.1, -0.05) is 11.8 Å². The summed E-state index contributed by atoms with van der Waals surface area (Å²) in [4.78, 5) is 12.1. The Kier molecular flexibility index (Phi) is 5.07. The average molecular weight is 327 g/mol. The summed E-state index contributed by atoms with van der Waals surface area (Å²) in [7, 11) is 0. The standard InChI is InChI=1S/C13H15F2N5OS/c1-7(2)20-13(17-18-19-20)22-8(3)12(21)16-9-4-5-10(14)11(15)6-9/h4-8H,1-3H3,(H,16,21). The number of rotatable bonds is 5. The van der Waals surface area contributed by atoms with Crippen LogP contribution in [0.15, 0.2) is 23.4 Å². The zero-order valence-electron chi connectivity index (χ0n) is 12.2. The van der Waals surface area contributed by atoms with E-state index >= 15 is 0 Å². The fourth-order valence-corrected chi connectivity index (χ4v) is 2.54. The van der Waals surface area contributed by atoms with Crippen LogP contribution < -0.4 is 5.32 Å². The number of hydrogen-bond donors (Lipinski definition) is 1. The summed E-state index contributed by atoms with van der Waals surface area (Å²) in [5.74, 6) is -2.33. The van der Waals surface area contributed by atoms with Crippen molar-refractivity contribution in [1.29, 1.82) is 0 Å². The highest BCUT2D eigenvalue weighted by atomic mass is 32.2. The van der Waals surface area contributed by atoms with Crippen molar-refractivity contribution in [2.45, 2.75) is 37.2 Å². The number of nitrogens with one attached hydrogen (secondary N) is 1. The van der Waals surface area contributed by atoms with Crippen molar-refractivity contribution in [1.82, 2.24) is 20.2 Å². The molecule has 6 nitrogen and oxygen atoms in total. The first-order valence-corrected chi connectivity index (χ1v) is 7.47. The minimum atomic E-state index is -1.01. The SMILES string of the molecule is CC(Sc1nnnn1C(C)C)C(=O)Nc1ccc(F)c(F)c1. The van der Waals surface area contributed by atoms with E-state index < -0.39 is 16.9 Å². The second kappa shape index (κ2) is 6.82. The lowest BCUT2D eigenvalue weighted by Crippen LogP contribution is -2.23. The number of aromatic nitrogens is 4. The van der Waals surface area contributed by atoms with Crippen LogP contribution >= 0.6 is 11.8 Å². The van der Waals surface area contributed by atoms with E-state index in [0.717, 1.165) is 12.1 Å². The van der Waals surface area contributed by atoms with Crippen molar-refractivity contribution >= 4 is 23.4 Å². The highest BCUT2D eigenvalue weighted by molar-refractivity contribution is 8.00. The lowest BCUT2D eigenvalue weighted by atomic mass is 10.3. The van der Waals surface area contributed by atoms with Gasteiger partial charge in [0.25, 0.3) is 0 Å². The maximum atomic E-state index is 13.1. The van der Waals surface area contributed by atoms with Crippen LogP contribution in [0.3, 0.4) is 0 Å². The summed E-state index contributed by atoms with van der Waals surface area (Å²) in [5.41, 5.74) is 0.194. The number of carbonyl (C=O) groups excluding carboxylic acids is 1. The van der Waals surface area contributed by atoms with Crippen molar-refractivity contribution in [3.05, 3.63) is 29.8 Å². The van der Waals surface area contributed by atoms with Crippen LogP contribution in [0.5, 0.6) is 0 Å². The van der Waals surface area contributed by atoms with Gasteiger partial charge in [0.15, 0.2) is 11.6 Å². The van der Waals surface area contributed by atoms with Crippen LogP contribution in [0.2, 0.25) is 0 Å². The molecule has 1 unspecified atom stereocenters.